The van der Waals surface area contributed by atoms with Gasteiger partial charge in [-0.1, -0.05) is 30.3 Å². The van der Waals surface area contributed by atoms with E-state index in [0.717, 1.165) is 5.56 Å². The number of hydroxylamine groups is 1. The molecule has 0 saturated carbocycles. The lowest BCUT2D eigenvalue weighted by atomic mass is 10.1. The topological polar surface area (TPSA) is 61.4 Å². The standard InChI is InChI=1S/C10H14N2O2.ClH/c1-8(11-7-10(13)12-14)9-5-3-2-4-6-9;/h2-6,8,11,14H,7H2,1H3,(H,12,13);1H/t8-;/m0./s1. The molecule has 0 aliphatic heterocycles. The molecule has 1 rings (SSSR count). The maximum atomic E-state index is 10.7. The number of amides is 1. The summed E-state index contributed by atoms with van der Waals surface area (Å²) in [6, 6.07) is 9.88. The highest BCUT2D eigenvalue weighted by atomic mass is 35.5. The first-order valence-corrected chi connectivity index (χ1v) is 4.45. The first-order valence-electron chi connectivity index (χ1n) is 4.45. The molecule has 3 N–H and O–H groups in total. The van der Waals surface area contributed by atoms with Crippen LogP contribution < -0.4 is 10.8 Å². The summed E-state index contributed by atoms with van der Waals surface area (Å²) in [4.78, 5) is 10.7. The van der Waals surface area contributed by atoms with Gasteiger partial charge in [-0.3, -0.25) is 10.0 Å². The van der Waals surface area contributed by atoms with Crippen molar-refractivity contribution in [1.82, 2.24) is 10.8 Å². The first-order chi connectivity index (χ1) is 6.74. The van der Waals surface area contributed by atoms with Gasteiger partial charge in [0.2, 0.25) is 0 Å². The van der Waals surface area contributed by atoms with Gasteiger partial charge in [-0.2, -0.15) is 0 Å². The highest BCUT2D eigenvalue weighted by molar-refractivity contribution is 5.85. The molecular formula is C10H15ClN2O2. The molecule has 0 unspecified atom stereocenters. The van der Waals surface area contributed by atoms with E-state index in [0.29, 0.717) is 0 Å². The van der Waals surface area contributed by atoms with E-state index < -0.39 is 5.91 Å². The van der Waals surface area contributed by atoms with Gasteiger partial charge in [0.1, 0.15) is 0 Å². The summed E-state index contributed by atoms with van der Waals surface area (Å²) in [7, 11) is 0. The molecule has 1 aromatic rings. The third-order valence-corrected chi connectivity index (χ3v) is 1.99. The zero-order valence-electron chi connectivity index (χ0n) is 8.43. The van der Waals surface area contributed by atoms with Crippen LogP contribution in [0.15, 0.2) is 30.3 Å². The van der Waals surface area contributed by atoms with Crippen molar-refractivity contribution in [3.05, 3.63) is 35.9 Å². The second-order valence-corrected chi connectivity index (χ2v) is 3.05. The molecule has 5 heteroatoms. The van der Waals surface area contributed by atoms with E-state index in [2.05, 4.69) is 5.32 Å². The first kappa shape index (κ1) is 13.9. The molecule has 0 saturated heterocycles. The zero-order chi connectivity index (χ0) is 10.4. The Morgan fingerprint density at radius 3 is 2.53 bits per heavy atom. The molecule has 0 spiro atoms. The SMILES string of the molecule is C[C@H](NCC(=O)NO)c1ccccc1.Cl. The number of benzene rings is 1. The van der Waals surface area contributed by atoms with Crippen LogP contribution in [-0.4, -0.2) is 17.7 Å². The third-order valence-electron chi connectivity index (χ3n) is 1.99. The fraction of sp³-hybridized carbons (Fsp3) is 0.300. The highest BCUT2D eigenvalue weighted by Gasteiger charge is 2.05. The number of nitrogens with one attached hydrogen (secondary N) is 2. The lowest BCUT2D eigenvalue weighted by Crippen LogP contribution is -2.33. The Morgan fingerprint density at radius 2 is 2.00 bits per heavy atom. The molecule has 0 aliphatic rings. The molecule has 0 radical (unpaired) electrons. The summed E-state index contributed by atoms with van der Waals surface area (Å²) in [5.41, 5.74) is 2.68. The van der Waals surface area contributed by atoms with Crippen molar-refractivity contribution < 1.29 is 10.0 Å². The number of carbonyl (C=O) groups excluding carboxylic acids is 1. The molecule has 84 valence electrons. The molecule has 1 atom stereocenters. The van der Waals surface area contributed by atoms with Crippen LogP contribution in [0.3, 0.4) is 0 Å². The minimum absolute atomic E-state index is 0. The summed E-state index contributed by atoms with van der Waals surface area (Å²) in [6.07, 6.45) is 0. The average molecular weight is 231 g/mol. The Labute approximate surface area is 95.1 Å². The van der Waals surface area contributed by atoms with Crippen molar-refractivity contribution in [2.75, 3.05) is 6.54 Å². The fourth-order valence-corrected chi connectivity index (χ4v) is 1.14. The van der Waals surface area contributed by atoms with E-state index in [1.165, 1.54) is 0 Å². The van der Waals surface area contributed by atoms with Gasteiger partial charge in [0, 0.05) is 6.04 Å². The lowest BCUT2D eigenvalue weighted by Gasteiger charge is -2.12. The van der Waals surface area contributed by atoms with Crippen molar-refractivity contribution in [2.45, 2.75) is 13.0 Å². The second kappa shape index (κ2) is 7.23. The maximum absolute atomic E-state index is 10.7. The molecule has 0 fully saturated rings. The van der Waals surface area contributed by atoms with E-state index in [4.69, 9.17) is 5.21 Å². The van der Waals surface area contributed by atoms with E-state index in [1.807, 2.05) is 37.3 Å². The van der Waals surface area contributed by atoms with Crippen LogP contribution in [0.2, 0.25) is 0 Å². The minimum atomic E-state index is -0.437. The van der Waals surface area contributed by atoms with Crippen molar-refractivity contribution in [1.29, 1.82) is 0 Å². The van der Waals surface area contributed by atoms with Crippen LogP contribution >= 0.6 is 12.4 Å². The quantitative estimate of drug-likeness (QED) is 0.539. The van der Waals surface area contributed by atoms with Gasteiger partial charge in [-0.15, -0.1) is 12.4 Å². The van der Waals surface area contributed by atoms with Crippen LogP contribution in [0, 0.1) is 0 Å². The molecule has 15 heavy (non-hydrogen) atoms. The number of hydrogen-bond donors (Lipinski definition) is 3. The normalized spacial score (nSPS) is 11.3. The molecule has 1 amide bonds. The van der Waals surface area contributed by atoms with Crippen molar-refractivity contribution in [3.63, 3.8) is 0 Å². The summed E-state index contributed by atoms with van der Waals surface area (Å²) >= 11 is 0. The molecular weight excluding hydrogens is 216 g/mol. The van der Waals surface area contributed by atoms with Gasteiger partial charge in [0.25, 0.3) is 5.91 Å². The number of hydrogen-bond acceptors (Lipinski definition) is 3. The van der Waals surface area contributed by atoms with Crippen LogP contribution in [0.25, 0.3) is 0 Å². The van der Waals surface area contributed by atoms with Crippen LogP contribution in [0.4, 0.5) is 0 Å². The van der Waals surface area contributed by atoms with E-state index >= 15 is 0 Å². The van der Waals surface area contributed by atoms with Crippen LogP contribution in [0.1, 0.15) is 18.5 Å². The predicted molar refractivity (Wildman–Crippen MR) is 60.0 cm³/mol. The smallest absolute Gasteiger partial charge is 0.257 e. The van der Waals surface area contributed by atoms with Gasteiger partial charge < -0.3 is 5.32 Å². The summed E-state index contributed by atoms with van der Waals surface area (Å²) in [6.45, 7) is 2.06. The van der Waals surface area contributed by atoms with Gasteiger partial charge in [-0.05, 0) is 12.5 Å². The molecule has 4 nitrogen and oxygen atoms in total. The predicted octanol–water partition coefficient (Wildman–Crippen LogP) is 1.26. The summed E-state index contributed by atoms with van der Waals surface area (Å²) in [5, 5.41) is 11.3. The summed E-state index contributed by atoms with van der Waals surface area (Å²) in [5.74, 6) is -0.437. The maximum Gasteiger partial charge on any atom is 0.257 e. The van der Waals surface area contributed by atoms with Gasteiger partial charge >= 0.3 is 0 Å². The highest BCUT2D eigenvalue weighted by Crippen LogP contribution is 2.10. The van der Waals surface area contributed by atoms with Gasteiger partial charge in [0.15, 0.2) is 0 Å². The number of rotatable bonds is 4. The monoisotopic (exact) mass is 230 g/mol. The van der Waals surface area contributed by atoms with Crippen LogP contribution in [0.5, 0.6) is 0 Å². The molecule has 0 bridgehead atoms. The fourth-order valence-electron chi connectivity index (χ4n) is 1.14. The molecule has 1 aromatic carbocycles. The molecule has 0 heterocycles. The summed E-state index contributed by atoms with van der Waals surface area (Å²) < 4.78 is 0. The van der Waals surface area contributed by atoms with Crippen molar-refractivity contribution in [2.24, 2.45) is 0 Å². The Kier molecular flexibility index (Phi) is 6.70. The van der Waals surface area contributed by atoms with Crippen molar-refractivity contribution >= 4 is 18.3 Å². The average Bonchev–Trinajstić information content (AvgIpc) is 2.26. The second-order valence-electron chi connectivity index (χ2n) is 3.05. The Hall–Kier alpha value is -1.10. The molecule has 0 aliphatic carbocycles. The Balaban J connectivity index is 0.00000196. The van der Waals surface area contributed by atoms with Gasteiger partial charge in [0.05, 0.1) is 6.54 Å². The largest absolute Gasteiger partial charge is 0.302 e. The van der Waals surface area contributed by atoms with E-state index in [1.54, 1.807) is 5.48 Å². The Bertz CT molecular complexity index is 293. The minimum Gasteiger partial charge on any atom is -0.302 e. The zero-order valence-corrected chi connectivity index (χ0v) is 9.25. The number of halogens is 1. The molecule has 0 aromatic heterocycles. The number of carbonyl (C=O) groups is 1. The van der Waals surface area contributed by atoms with Crippen molar-refractivity contribution in [3.8, 4) is 0 Å². The van der Waals surface area contributed by atoms with Gasteiger partial charge in [-0.25, -0.2) is 5.48 Å². The van der Waals surface area contributed by atoms with E-state index in [-0.39, 0.29) is 25.0 Å². The lowest BCUT2D eigenvalue weighted by molar-refractivity contribution is -0.128. The van der Waals surface area contributed by atoms with E-state index in [9.17, 15) is 4.79 Å². The van der Waals surface area contributed by atoms with Crippen LogP contribution in [-0.2, 0) is 4.79 Å². The third kappa shape index (κ3) is 4.78. The Morgan fingerprint density at radius 1 is 1.40 bits per heavy atom.